The van der Waals surface area contributed by atoms with Crippen molar-refractivity contribution in [3.8, 4) is 5.69 Å². The summed E-state index contributed by atoms with van der Waals surface area (Å²) in [6, 6.07) is 12.8. The molecule has 0 aliphatic carbocycles. The van der Waals surface area contributed by atoms with Crippen LogP contribution in [0.1, 0.15) is 22.7 Å². The topological polar surface area (TPSA) is 59.4 Å². The van der Waals surface area contributed by atoms with Crippen LogP contribution in [0.4, 0.5) is 4.39 Å². The number of halogens is 1. The number of hydrogen-bond donors (Lipinski definition) is 1. The molecule has 3 aromatic rings. The molecule has 0 saturated carbocycles. The van der Waals surface area contributed by atoms with Crippen LogP contribution in [-0.4, -0.2) is 59.0 Å². The van der Waals surface area contributed by atoms with Crippen molar-refractivity contribution in [1.82, 2.24) is 19.8 Å². The summed E-state index contributed by atoms with van der Waals surface area (Å²) >= 11 is 1.41. The van der Waals surface area contributed by atoms with E-state index in [0.29, 0.717) is 19.8 Å². The van der Waals surface area contributed by atoms with Crippen molar-refractivity contribution >= 4 is 17.7 Å². The van der Waals surface area contributed by atoms with Crippen LogP contribution >= 0.6 is 11.8 Å². The Balaban J connectivity index is 1.38. The van der Waals surface area contributed by atoms with Crippen LogP contribution in [-0.2, 0) is 9.53 Å². The molecule has 33 heavy (non-hydrogen) atoms. The average Bonchev–Trinajstić information content (AvgIpc) is 3.28. The Hall–Kier alpha value is -2.68. The minimum absolute atomic E-state index is 0.0271. The van der Waals surface area contributed by atoms with Gasteiger partial charge in [-0.1, -0.05) is 30.0 Å². The number of morpholine rings is 1. The normalized spacial score (nSPS) is 15.4. The van der Waals surface area contributed by atoms with E-state index in [1.165, 1.54) is 35.0 Å². The Kier molecular flexibility index (Phi) is 7.80. The Bertz CT molecular complexity index is 1060. The van der Waals surface area contributed by atoms with Crippen molar-refractivity contribution in [2.45, 2.75) is 25.0 Å². The summed E-state index contributed by atoms with van der Waals surface area (Å²) in [5.41, 5.74) is 4.39. The first kappa shape index (κ1) is 23.5. The molecular weight excluding hydrogens is 439 g/mol. The Morgan fingerprint density at radius 1 is 1.15 bits per heavy atom. The zero-order chi connectivity index (χ0) is 23.2. The van der Waals surface area contributed by atoms with E-state index in [0.717, 1.165) is 29.5 Å². The second-order valence-corrected chi connectivity index (χ2v) is 9.18. The fraction of sp³-hybridized carbons (Fsp3) is 0.360. The number of hydrogen-bond acceptors (Lipinski definition) is 5. The van der Waals surface area contributed by atoms with E-state index < -0.39 is 0 Å². The molecule has 1 fully saturated rings. The number of benzene rings is 2. The first-order valence-corrected chi connectivity index (χ1v) is 12.1. The molecule has 2 aromatic carbocycles. The Labute approximate surface area is 198 Å². The number of thioether (sulfide) groups is 1. The van der Waals surface area contributed by atoms with E-state index in [1.54, 1.807) is 18.3 Å². The fourth-order valence-corrected chi connectivity index (χ4v) is 4.91. The fourth-order valence-electron chi connectivity index (χ4n) is 4.11. The zero-order valence-electron chi connectivity index (χ0n) is 19.0. The standard InChI is InChI=1S/C25H29FN4O2S/c1-18-13-19(2)15-22(14-18)30-8-7-27-25(30)33-17-24(31)28-16-23(29-9-11-32-12-10-29)20-3-5-21(26)6-4-20/h3-8,13-15,23H,9-12,16-17H2,1-2H3,(H,28,31)/t23-/m0/s1. The highest BCUT2D eigenvalue weighted by Gasteiger charge is 2.23. The largest absolute Gasteiger partial charge is 0.379 e. The second-order valence-electron chi connectivity index (χ2n) is 8.23. The molecule has 0 unspecified atom stereocenters. The van der Waals surface area contributed by atoms with Gasteiger partial charge in [0.05, 0.1) is 25.0 Å². The molecule has 0 bridgehead atoms. The van der Waals surface area contributed by atoms with Crippen LogP contribution in [0.15, 0.2) is 60.0 Å². The highest BCUT2D eigenvalue weighted by molar-refractivity contribution is 7.99. The first-order valence-electron chi connectivity index (χ1n) is 11.1. The van der Waals surface area contributed by atoms with Gasteiger partial charge in [0, 0.05) is 37.7 Å². The highest BCUT2D eigenvalue weighted by atomic mass is 32.2. The number of carbonyl (C=O) groups is 1. The van der Waals surface area contributed by atoms with Crippen LogP contribution in [0.25, 0.3) is 5.69 Å². The number of nitrogens with zero attached hydrogens (tertiary/aromatic N) is 3. The van der Waals surface area contributed by atoms with Gasteiger partial charge in [-0.25, -0.2) is 9.37 Å². The molecule has 0 radical (unpaired) electrons. The minimum atomic E-state index is -0.265. The summed E-state index contributed by atoms with van der Waals surface area (Å²) in [5, 5.41) is 3.84. The number of carbonyl (C=O) groups excluding carboxylic acids is 1. The highest BCUT2D eigenvalue weighted by Crippen LogP contribution is 2.24. The van der Waals surface area contributed by atoms with Crippen molar-refractivity contribution in [2.75, 3.05) is 38.6 Å². The molecule has 1 aromatic heterocycles. The van der Waals surface area contributed by atoms with Gasteiger partial charge >= 0.3 is 0 Å². The zero-order valence-corrected chi connectivity index (χ0v) is 19.8. The molecule has 2 heterocycles. The SMILES string of the molecule is Cc1cc(C)cc(-n2ccnc2SCC(=O)NC[C@@H](c2ccc(F)cc2)N2CCOCC2)c1. The molecule has 0 spiro atoms. The quantitative estimate of drug-likeness (QED) is 0.508. The lowest BCUT2D eigenvalue weighted by Crippen LogP contribution is -2.44. The molecule has 1 saturated heterocycles. The van der Waals surface area contributed by atoms with E-state index >= 15 is 0 Å². The van der Waals surface area contributed by atoms with Crippen molar-refractivity contribution in [3.05, 3.63) is 77.4 Å². The molecule has 6 nitrogen and oxygen atoms in total. The van der Waals surface area contributed by atoms with Gasteiger partial charge in [0.2, 0.25) is 5.91 Å². The van der Waals surface area contributed by atoms with Gasteiger partial charge in [-0.2, -0.15) is 0 Å². The smallest absolute Gasteiger partial charge is 0.230 e. The lowest BCUT2D eigenvalue weighted by atomic mass is 10.0. The third-order valence-corrected chi connectivity index (χ3v) is 6.62. The van der Waals surface area contributed by atoms with Crippen molar-refractivity contribution in [1.29, 1.82) is 0 Å². The predicted molar refractivity (Wildman–Crippen MR) is 128 cm³/mol. The van der Waals surface area contributed by atoms with E-state index in [-0.39, 0.29) is 23.5 Å². The molecule has 1 atom stereocenters. The number of nitrogens with one attached hydrogen (secondary N) is 1. The number of rotatable bonds is 8. The molecule has 1 aliphatic heterocycles. The van der Waals surface area contributed by atoms with Crippen molar-refractivity contribution in [3.63, 3.8) is 0 Å². The van der Waals surface area contributed by atoms with Gasteiger partial charge in [0.25, 0.3) is 0 Å². The second kappa shape index (κ2) is 11.0. The maximum atomic E-state index is 13.4. The summed E-state index contributed by atoms with van der Waals surface area (Å²) in [5.74, 6) is -0.0595. The summed E-state index contributed by atoms with van der Waals surface area (Å²) in [7, 11) is 0. The molecule has 8 heteroatoms. The van der Waals surface area contributed by atoms with Gasteiger partial charge in [-0.05, 0) is 54.8 Å². The number of amides is 1. The first-order chi connectivity index (χ1) is 16.0. The van der Waals surface area contributed by atoms with Crippen molar-refractivity contribution < 1.29 is 13.9 Å². The minimum Gasteiger partial charge on any atom is -0.379 e. The van der Waals surface area contributed by atoms with Crippen LogP contribution in [0.2, 0.25) is 0 Å². The molecule has 1 N–H and O–H groups in total. The summed E-state index contributed by atoms with van der Waals surface area (Å²) < 4.78 is 20.9. The van der Waals surface area contributed by atoms with E-state index in [9.17, 15) is 9.18 Å². The van der Waals surface area contributed by atoms with Gasteiger partial charge in [-0.3, -0.25) is 14.3 Å². The summed E-state index contributed by atoms with van der Waals surface area (Å²) in [6.45, 7) is 7.46. The lowest BCUT2D eigenvalue weighted by Gasteiger charge is -2.35. The van der Waals surface area contributed by atoms with Crippen LogP contribution in [0.5, 0.6) is 0 Å². The average molecular weight is 469 g/mol. The van der Waals surface area contributed by atoms with E-state index in [1.807, 2.05) is 10.8 Å². The van der Waals surface area contributed by atoms with Crippen LogP contribution < -0.4 is 5.32 Å². The maximum Gasteiger partial charge on any atom is 0.230 e. The molecule has 4 rings (SSSR count). The maximum absolute atomic E-state index is 13.4. The van der Waals surface area contributed by atoms with Gasteiger partial charge < -0.3 is 10.1 Å². The van der Waals surface area contributed by atoms with Gasteiger partial charge in [0.1, 0.15) is 5.82 Å². The lowest BCUT2D eigenvalue weighted by molar-refractivity contribution is -0.118. The van der Waals surface area contributed by atoms with E-state index in [4.69, 9.17) is 4.74 Å². The number of aryl methyl sites for hydroxylation is 2. The number of ether oxygens (including phenoxy) is 1. The summed E-state index contributed by atoms with van der Waals surface area (Å²) in [4.78, 5) is 19.4. The monoisotopic (exact) mass is 468 g/mol. The number of aromatic nitrogens is 2. The van der Waals surface area contributed by atoms with E-state index in [2.05, 4.69) is 47.2 Å². The van der Waals surface area contributed by atoms with Crippen LogP contribution in [0, 0.1) is 19.7 Å². The Morgan fingerprint density at radius 3 is 2.55 bits per heavy atom. The summed E-state index contributed by atoms with van der Waals surface area (Å²) in [6.07, 6.45) is 3.67. The molecule has 1 aliphatic rings. The van der Waals surface area contributed by atoms with Gasteiger partial charge in [-0.15, -0.1) is 0 Å². The molecular formula is C25H29FN4O2S. The molecule has 1 amide bonds. The third kappa shape index (κ3) is 6.22. The predicted octanol–water partition coefficient (Wildman–Crippen LogP) is 3.91. The number of imidazole rings is 1. The van der Waals surface area contributed by atoms with Gasteiger partial charge in [0.15, 0.2) is 5.16 Å². The van der Waals surface area contributed by atoms with Crippen LogP contribution in [0.3, 0.4) is 0 Å². The van der Waals surface area contributed by atoms with Crippen molar-refractivity contribution in [2.24, 2.45) is 0 Å². The molecule has 174 valence electrons. The Morgan fingerprint density at radius 2 is 1.85 bits per heavy atom. The third-order valence-electron chi connectivity index (χ3n) is 5.66.